The summed E-state index contributed by atoms with van der Waals surface area (Å²) in [5.41, 5.74) is 2.15. The van der Waals surface area contributed by atoms with Crippen LogP contribution in [-0.4, -0.2) is 19.9 Å². The number of para-hydroxylation sites is 1. The molecular formula is C28H35NO2Si. The van der Waals surface area contributed by atoms with Crippen LogP contribution in [0.5, 0.6) is 0 Å². The zero-order valence-corrected chi connectivity index (χ0v) is 21.0. The summed E-state index contributed by atoms with van der Waals surface area (Å²) in [6.07, 6.45) is 4.06. The molecule has 0 bridgehead atoms. The van der Waals surface area contributed by atoms with Gasteiger partial charge < -0.3 is 0 Å². The predicted molar refractivity (Wildman–Crippen MR) is 134 cm³/mol. The van der Waals surface area contributed by atoms with Crippen molar-refractivity contribution in [2.75, 3.05) is 4.90 Å². The molecule has 2 aromatic carbocycles. The van der Waals surface area contributed by atoms with Crippen molar-refractivity contribution >= 4 is 25.6 Å². The van der Waals surface area contributed by atoms with E-state index in [2.05, 4.69) is 70.3 Å². The third kappa shape index (κ3) is 4.51. The molecule has 1 fully saturated rings. The van der Waals surface area contributed by atoms with Crippen LogP contribution in [0.25, 0.3) is 0 Å². The minimum Gasteiger partial charge on any atom is -0.274 e. The Labute approximate surface area is 193 Å². The Balaban J connectivity index is 1.70. The van der Waals surface area contributed by atoms with Gasteiger partial charge in [0.15, 0.2) is 0 Å². The quantitative estimate of drug-likeness (QED) is 0.406. The van der Waals surface area contributed by atoms with Crippen LogP contribution in [-0.2, 0) is 15.6 Å². The Morgan fingerprint density at radius 2 is 1.50 bits per heavy atom. The number of anilines is 1. The van der Waals surface area contributed by atoms with E-state index in [1.165, 1.54) is 15.7 Å². The zero-order valence-electron chi connectivity index (χ0n) is 20.0. The summed E-state index contributed by atoms with van der Waals surface area (Å²) in [5.74, 6) is -0.403. The summed E-state index contributed by atoms with van der Waals surface area (Å²) in [7, 11) is -1.79. The van der Waals surface area contributed by atoms with Crippen LogP contribution in [0.1, 0.15) is 39.2 Å². The van der Waals surface area contributed by atoms with E-state index in [4.69, 9.17) is 0 Å². The molecular weight excluding hydrogens is 410 g/mol. The number of rotatable bonds is 5. The highest BCUT2D eigenvalue weighted by Crippen LogP contribution is 2.48. The molecule has 32 heavy (non-hydrogen) atoms. The van der Waals surface area contributed by atoms with Gasteiger partial charge in [-0.3, -0.25) is 14.5 Å². The highest BCUT2D eigenvalue weighted by Gasteiger charge is 2.54. The topological polar surface area (TPSA) is 37.4 Å². The second-order valence-electron chi connectivity index (χ2n) is 11.4. The van der Waals surface area contributed by atoms with Crippen LogP contribution in [0.4, 0.5) is 5.69 Å². The minimum absolute atomic E-state index is 0.0137. The summed E-state index contributed by atoms with van der Waals surface area (Å²) in [4.78, 5) is 28.6. The number of fused-ring (bicyclic) bond motifs is 1. The van der Waals surface area contributed by atoms with Crippen LogP contribution in [0.3, 0.4) is 0 Å². The van der Waals surface area contributed by atoms with E-state index >= 15 is 0 Å². The third-order valence-electron chi connectivity index (χ3n) is 7.01. The first-order chi connectivity index (χ1) is 15.1. The normalized spacial score (nSPS) is 23.8. The lowest BCUT2D eigenvalue weighted by Crippen LogP contribution is -2.40. The molecule has 1 aliphatic carbocycles. The molecule has 1 aliphatic heterocycles. The van der Waals surface area contributed by atoms with Crippen molar-refractivity contribution in [1.82, 2.24) is 0 Å². The number of carbonyl (C=O) groups excluding carboxylic acids is 2. The van der Waals surface area contributed by atoms with Gasteiger partial charge in [0, 0.05) is 0 Å². The third-order valence-corrected chi connectivity index (χ3v) is 10.4. The SMILES string of the molecule is CC(C)(C)C[C@H]1C=C([Si](C)(C)Cc2ccccc2)C[C@H]2C(=O)N(c3ccccc3)C(=O)[C@@H]12. The fourth-order valence-electron chi connectivity index (χ4n) is 5.56. The molecule has 1 saturated heterocycles. The van der Waals surface area contributed by atoms with Crippen molar-refractivity contribution in [3.63, 3.8) is 0 Å². The number of benzene rings is 2. The van der Waals surface area contributed by atoms with Gasteiger partial charge in [0.2, 0.25) is 11.8 Å². The average Bonchev–Trinajstić information content (AvgIpc) is 2.98. The maximum absolute atomic E-state index is 13.6. The van der Waals surface area contributed by atoms with E-state index in [0.717, 1.165) is 18.9 Å². The molecule has 4 heteroatoms. The molecule has 0 radical (unpaired) electrons. The molecule has 0 unspecified atom stereocenters. The lowest BCUT2D eigenvalue weighted by atomic mass is 9.71. The number of amides is 2. The van der Waals surface area contributed by atoms with Gasteiger partial charge in [0.1, 0.15) is 0 Å². The van der Waals surface area contributed by atoms with Crippen LogP contribution >= 0.6 is 0 Å². The van der Waals surface area contributed by atoms with Crippen molar-refractivity contribution in [3.8, 4) is 0 Å². The van der Waals surface area contributed by atoms with Crippen molar-refractivity contribution in [1.29, 1.82) is 0 Å². The lowest BCUT2D eigenvalue weighted by Gasteiger charge is -2.38. The molecule has 0 aromatic heterocycles. The van der Waals surface area contributed by atoms with E-state index < -0.39 is 8.07 Å². The number of carbonyl (C=O) groups is 2. The molecule has 2 amide bonds. The van der Waals surface area contributed by atoms with E-state index in [-0.39, 0.29) is 35.0 Å². The molecule has 0 saturated carbocycles. The summed E-state index contributed by atoms with van der Waals surface area (Å²) in [6.45, 7) is 11.5. The first-order valence-corrected chi connectivity index (χ1v) is 15.0. The van der Waals surface area contributed by atoms with Gasteiger partial charge in [-0.2, -0.15) is 0 Å². The average molecular weight is 446 g/mol. The number of allylic oxidation sites excluding steroid dienone is 2. The Morgan fingerprint density at radius 3 is 2.09 bits per heavy atom. The maximum atomic E-state index is 13.6. The van der Waals surface area contributed by atoms with E-state index in [0.29, 0.717) is 5.69 Å². The summed E-state index contributed by atoms with van der Waals surface area (Å²) in [6, 6.07) is 21.2. The van der Waals surface area contributed by atoms with Crippen LogP contribution in [0.15, 0.2) is 71.9 Å². The van der Waals surface area contributed by atoms with Crippen LogP contribution in [0.2, 0.25) is 13.1 Å². The molecule has 3 nitrogen and oxygen atoms in total. The first kappa shape index (κ1) is 22.7. The van der Waals surface area contributed by atoms with Gasteiger partial charge in [-0.15, -0.1) is 0 Å². The molecule has 4 rings (SSSR count). The van der Waals surface area contributed by atoms with E-state index in [9.17, 15) is 9.59 Å². The van der Waals surface area contributed by atoms with E-state index in [1.807, 2.05) is 30.3 Å². The highest BCUT2D eigenvalue weighted by molar-refractivity contribution is 6.83. The molecule has 0 spiro atoms. The smallest absolute Gasteiger partial charge is 0.238 e. The Kier molecular flexibility index (Phi) is 6.02. The second kappa shape index (κ2) is 8.47. The van der Waals surface area contributed by atoms with Gasteiger partial charge >= 0.3 is 0 Å². The fourth-order valence-corrected chi connectivity index (χ4v) is 8.48. The predicted octanol–water partition coefficient (Wildman–Crippen LogP) is 6.20. The molecule has 1 heterocycles. The molecule has 2 aromatic rings. The Morgan fingerprint density at radius 1 is 0.906 bits per heavy atom. The highest BCUT2D eigenvalue weighted by atomic mass is 28.3. The maximum Gasteiger partial charge on any atom is 0.238 e. The van der Waals surface area contributed by atoms with Gasteiger partial charge in [-0.25, -0.2) is 0 Å². The van der Waals surface area contributed by atoms with Gasteiger partial charge in [-0.1, -0.05) is 99.2 Å². The largest absolute Gasteiger partial charge is 0.274 e. The molecule has 3 atom stereocenters. The number of hydrogen-bond acceptors (Lipinski definition) is 2. The Hall–Kier alpha value is -2.46. The molecule has 168 valence electrons. The minimum atomic E-state index is -1.79. The first-order valence-electron chi connectivity index (χ1n) is 11.7. The van der Waals surface area contributed by atoms with Crippen LogP contribution < -0.4 is 4.90 Å². The summed E-state index contributed by atoms with van der Waals surface area (Å²) >= 11 is 0. The van der Waals surface area contributed by atoms with Gasteiger partial charge in [0.05, 0.1) is 25.6 Å². The number of nitrogens with zero attached hydrogens (tertiary/aromatic N) is 1. The van der Waals surface area contributed by atoms with Crippen LogP contribution in [0, 0.1) is 23.2 Å². The molecule has 0 N–H and O–H groups in total. The van der Waals surface area contributed by atoms with E-state index in [1.54, 1.807) is 0 Å². The molecule has 2 aliphatic rings. The van der Waals surface area contributed by atoms with Gasteiger partial charge in [-0.05, 0) is 42.4 Å². The van der Waals surface area contributed by atoms with Crippen molar-refractivity contribution in [2.45, 2.75) is 52.8 Å². The summed E-state index contributed by atoms with van der Waals surface area (Å²) < 4.78 is 0. The van der Waals surface area contributed by atoms with Crippen molar-refractivity contribution in [2.24, 2.45) is 23.2 Å². The summed E-state index contributed by atoms with van der Waals surface area (Å²) in [5, 5.41) is 1.45. The standard InChI is InChI=1S/C28H35NO2Si/c1-28(2,3)18-21-16-23(32(4,5)19-20-12-8-6-9-13-20)17-24-25(21)27(31)29(26(24)30)22-14-10-7-11-15-22/h6-16,21,24-25H,17-19H2,1-5H3/t21-,24-,25+/m1/s1. The van der Waals surface area contributed by atoms with Crippen molar-refractivity contribution < 1.29 is 9.59 Å². The number of hydrogen-bond donors (Lipinski definition) is 0. The number of imide groups is 1. The Bertz CT molecular complexity index is 1020. The fraction of sp³-hybridized carbons (Fsp3) is 0.429. The lowest BCUT2D eigenvalue weighted by molar-refractivity contribution is -0.122. The monoisotopic (exact) mass is 445 g/mol. The van der Waals surface area contributed by atoms with Crippen molar-refractivity contribution in [3.05, 3.63) is 77.5 Å². The zero-order chi connectivity index (χ0) is 23.1. The second-order valence-corrected chi connectivity index (χ2v) is 16.1. The van der Waals surface area contributed by atoms with Gasteiger partial charge in [0.25, 0.3) is 0 Å².